The van der Waals surface area contributed by atoms with Crippen LogP contribution in [0.1, 0.15) is 43.2 Å². The number of nitrogens with one attached hydrogen (secondary N) is 2. The molecule has 2 aliphatic rings. The van der Waals surface area contributed by atoms with Gasteiger partial charge in [-0.1, -0.05) is 36.4 Å². The molecule has 0 spiro atoms. The van der Waals surface area contributed by atoms with Gasteiger partial charge in [-0.2, -0.15) is 4.31 Å². The Labute approximate surface area is 283 Å². The third-order valence-electron chi connectivity index (χ3n) is 9.22. The average Bonchev–Trinajstić information content (AvgIpc) is 3.09. The number of nitrogens with zero attached hydrogens (tertiary/aromatic N) is 4. The first-order valence-electron chi connectivity index (χ1n) is 16.1. The number of carbonyl (C=O) groups is 2. The summed E-state index contributed by atoms with van der Waals surface area (Å²) in [6.07, 6.45) is 0.00240. The van der Waals surface area contributed by atoms with Crippen LogP contribution >= 0.6 is 0 Å². The average molecular weight is 698 g/mol. The second kappa shape index (κ2) is 15.8. The van der Waals surface area contributed by atoms with Crippen molar-refractivity contribution in [3.8, 4) is 0 Å². The van der Waals surface area contributed by atoms with Crippen molar-refractivity contribution in [3.05, 3.63) is 95.6 Å². The van der Waals surface area contributed by atoms with E-state index >= 15 is 4.39 Å². The molecule has 2 heterocycles. The van der Waals surface area contributed by atoms with Gasteiger partial charge in [0.05, 0.1) is 4.90 Å². The first-order chi connectivity index (χ1) is 23.5. The highest BCUT2D eigenvalue weighted by atomic mass is 32.2. The summed E-state index contributed by atoms with van der Waals surface area (Å²) in [6.45, 7) is 2.39. The van der Waals surface area contributed by atoms with E-state index in [1.54, 1.807) is 37.3 Å². The SMILES string of the molecule is CC1CN(C(=O)O)CC(CCc2c(F)cccc2NC(=O)[C@@H](N=[N+]=N)[C@@H](c2ccc(F)cc2)C2CCOCC2)N1S(=O)(=O)c1ccccc1. The van der Waals surface area contributed by atoms with Crippen molar-refractivity contribution in [2.75, 3.05) is 31.6 Å². The van der Waals surface area contributed by atoms with Crippen molar-refractivity contribution in [2.24, 2.45) is 11.0 Å². The zero-order chi connectivity index (χ0) is 35.1. The van der Waals surface area contributed by atoms with Crippen molar-refractivity contribution < 1.29 is 36.6 Å². The largest absolute Gasteiger partial charge is 0.465 e. The molecule has 3 aromatic carbocycles. The van der Waals surface area contributed by atoms with Crippen LogP contribution < -0.4 is 10.2 Å². The summed E-state index contributed by atoms with van der Waals surface area (Å²) in [6, 6.07) is 15.0. The fraction of sp³-hybridized carbons (Fsp3) is 0.412. The van der Waals surface area contributed by atoms with E-state index in [9.17, 15) is 27.5 Å². The molecule has 260 valence electrons. The molecule has 49 heavy (non-hydrogen) atoms. The number of ether oxygens (including phenoxy) is 1. The number of hydrogen-bond donors (Lipinski definition) is 3. The Kier molecular flexibility index (Phi) is 11.5. The van der Waals surface area contributed by atoms with E-state index in [2.05, 4.69) is 15.3 Å². The van der Waals surface area contributed by atoms with E-state index in [1.165, 1.54) is 46.8 Å². The Hall–Kier alpha value is -4.56. The number of benzene rings is 3. The monoisotopic (exact) mass is 697 g/mol. The lowest BCUT2D eigenvalue weighted by atomic mass is 9.76. The molecule has 2 amide bonds. The normalized spacial score (nSPS) is 20.2. The highest BCUT2D eigenvalue weighted by Crippen LogP contribution is 2.37. The van der Waals surface area contributed by atoms with E-state index in [1.807, 2.05) is 0 Å². The van der Waals surface area contributed by atoms with E-state index in [0.29, 0.717) is 31.6 Å². The number of piperazine rings is 1. The lowest BCUT2D eigenvalue weighted by Crippen LogP contribution is -2.60. The number of anilines is 1. The molecule has 0 radical (unpaired) electrons. The molecule has 2 fully saturated rings. The van der Waals surface area contributed by atoms with Gasteiger partial charge in [0.25, 0.3) is 5.91 Å². The van der Waals surface area contributed by atoms with Gasteiger partial charge in [-0.05, 0) is 80.5 Å². The number of carbonyl (C=O) groups excluding carboxylic acids is 1. The number of carboxylic acid groups (broad SMARTS) is 1. The number of rotatable bonds is 11. The Morgan fingerprint density at radius 2 is 1.73 bits per heavy atom. The quantitative estimate of drug-likeness (QED) is 0.179. The lowest BCUT2D eigenvalue weighted by Gasteiger charge is -2.43. The Balaban J connectivity index is 1.43. The van der Waals surface area contributed by atoms with Gasteiger partial charge in [0.1, 0.15) is 22.3 Å². The summed E-state index contributed by atoms with van der Waals surface area (Å²) in [5.41, 5.74) is 8.35. The maximum absolute atomic E-state index is 15.5. The molecule has 2 unspecified atom stereocenters. The van der Waals surface area contributed by atoms with Crippen molar-refractivity contribution >= 4 is 27.7 Å². The zero-order valence-electron chi connectivity index (χ0n) is 26.9. The van der Waals surface area contributed by atoms with Crippen molar-refractivity contribution in [3.63, 3.8) is 0 Å². The summed E-state index contributed by atoms with van der Waals surface area (Å²) in [7, 11) is -4.04. The van der Waals surface area contributed by atoms with E-state index in [-0.39, 0.29) is 48.0 Å². The fourth-order valence-corrected chi connectivity index (χ4v) is 8.81. The third-order valence-corrected chi connectivity index (χ3v) is 11.3. The molecule has 3 N–H and O–H groups in total. The highest BCUT2D eigenvalue weighted by Gasteiger charge is 2.43. The molecule has 0 aliphatic carbocycles. The fourth-order valence-electron chi connectivity index (χ4n) is 6.96. The van der Waals surface area contributed by atoms with Gasteiger partial charge in [0.15, 0.2) is 0 Å². The van der Waals surface area contributed by atoms with Crippen LogP contribution in [0.15, 0.2) is 82.8 Å². The number of hydrogen-bond acceptors (Lipinski definition) is 7. The number of amides is 2. The molecule has 3 aromatic rings. The van der Waals surface area contributed by atoms with Gasteiger partial charge in [-0.15, -0.1) is 0 Å². The standard InChI is InChI=1S/C34H38F2N6O6S/c1-22-20-41(34(44)45)21-26(42(22)49(46,47)27-6-3-2-4-7-27)14-15-28-29(36)8-5-9-30(28)38-33(43)32(39-40-37)31(24-16-18-48-19-17-24)23-10-12-25(35)13-11-23/h2-13,22,24,26,31-32,37H,14-21H2,1H3,(H-,38,43,44,45)/p+1/t22?,26?,31-,32-/m0/s1. The third kappa shape index (κ3) is 8.19. The first kappa shape index (κ1) is 35.7. The lowest BCUT2D eigenvalue weighted by molar-refractivity contribution is -0.118. The summed E-state index contributed by atoms with van der Waals surface area (Å²) in [5, 5.41) is 16.5. The maximum atomic E-state index is 15.5. The van der Waals surface area contributed by atoms with Crippen molar-refractivity contribution in [1.29, 1.82) is 5.53 Å². The zero-order valence-corrected chi connectivity index (χ0v) is 27.7. The van der Waals surface area contributed by atoms with Crippen LogP contribution in [0.25, 0.3) is 0 Å². The molecule has 12 nitrogen and oxygen atoms in total. The Morgan fingerprint density at radius 1 is 1.04 bits per heavy atom. The minimum atomic E-state index is -4.04. The minimum absolute atomic E-state index is 0.0345. The van der Waals surface area contributed by atoms with Crippen LogP contribution in [0.4, 0.5) is 19.3 Å². The van der Waals surface area contributed by atoms with Crippen LogP contribution in [-0.4, -0.2) is 79.2 Å². The summed E-state index contributed by atoms with van der Waals surface area (Å²) >= 11 is 0. The Bertz CT molecular complexity index is 1790. The van der Waals surface area contributed by atoms with Crippen LogP contribution in [-0.2, 0) is 26.0 Å². The van der Waals surface area contributed by atoms with Crippen LogP contribution in [0.2, 0.25) is 0 Å². The predicted octanol–water partition coefficient (Wildman–Crippen LogP) is 5.41. The molecule has 0 aromatic heterocycles. The topological polar surface area (TPSA) is 167 Å². The highest BCUT2D eigenvalue weighted by molar-refractivity contribution is 7.89. The van der Waals surface area contributed by atoms with Crippen LogP contribution in [0, 0.1) is 23.1 Å². The second-order valence-electron chi connectivity index (χ2n) is 12.3. The second-order valence-corrected chi connectivity index (χ2v) is 14.2. The van der Waals surface area contributed by atoms with Gasteiger partial charge in [-0.3, -0.25) is 4.79 Å². The van der Waals surface area contributed by atoms with E-state index < -0.39 is 57.7 Å². The molecule has 2 aliphatic heterocycles. The van der Waals surface area contributed by atoms with Gasteiger partial charge in [0.2, 0.25) is 21.0 Å². The van der Waals surface area contributed by atoms with Gasteiger partial charge >= 0.3 is 6.09 Å². The van der Waals surface area contributed by atoms with Gasteiger partial charge in [0, 0.05) is 55.6 Å². The molecule has 0 bridgehead atoms. The number of halogens is 2. The van der Waals surface area contributed by atoms with Crippen molar-refractivity contribution in [2.45, 2.75) is 61.5 Å². The molecular weight excluding hydrogens is 658 g/mol. The number of sulfonamides is 1. The molecular formula is C34H39F2N6O6S+. The van der Waals surface area contributed by atoms with Gasteiger partial charge in [-0.25, -0.2) is 22.0 Å². The van der Waals surface area contributed by atoms with Crippen LogP contribution in [0.5, 0.6) is 0 Å². The summed E-state index contributed by atoms with van der Waals surface area (Å²) in [4.78, 5) is 30.3. The molecule has 5 rings (SSSR count). The molecule has 15 heteroatoms. The van der Waals surface area contributed by atoms with E-state index in [4.69, 9.17) is 10.3 Å². The first-order valence-corrected chi connectivity index (χ1v) is 17.5. The van der Waals surface area contributed by atoms with Crippen LogP contribution in [0.3, 0.4) is 0 Å². The molecule has 0 saturated carbocycles. The smallest absolute Gasteiger partial charge is 0.407 e. The summed E-state index contributed by atoms with van der Waals surface area (Å²) < 4.78 is 63.8. The Morgan fingerprint density at radius 3 is 2.39 bits per heavy atom. The minimum Gasteiger partial charge on any atom is -0.465 e. The predicted molar refractivity (Wildman–Crippen MR) is 175 cm³/mol. The molecule has 4 atom stereocenters. The summed E-state index contributed by atoms with van der Waals surface area (Å²) in [5.74, 6) is -2.43. The van der Waals surface area contributed by atoms with Gasteiger partial charge < -0.3 is 20.1 Å². The molecule has 2 saturated heterocycles. The van der Waals surface area contributed by atoms with E-state index in [0.717, 1.165) is 4.90 Å². The maximum Gasteiger partial charge on any atom is 0.407 e. The van der Waals surface area contributed by atoms with Crippen molar-refractivity contribution in [1.82, 2.24) is 14.1 Å².